The number of hydrogen-bond donors (Lipinski definition) is 1. The minimum atomic E-state index is -3.36. The second-order valence-corrected chi connectivity index (χ2v) is 8.04. The predicted molar refractivity (Wildman–Crippen MR) is 68.9 cm³/mol. The van der Waals surface area contributed by atoms with E-state index in [-0.39, 0.29) is 12.2 Å². The van der Waals surface area contributed by atoms with Crippen LogP contribution in [0.4, 0.5) is 0 Å². The lowest BCUT2D eigenvalue weighted by Crippen LogP contribution is -2.45. The van der Waals surface area contributed by atoms with Crippen molar-refractivity contribution in [1.29, 1.82) is 0 Å². The second kappa shape index (κ2) is 4.57. The Bertz CT molecular complexity index is 528. The van der Waals surface area contributed by atoms with Crippen LogP contribution in [-0.4, -0.2) is 38.0 Å². The maximum absolute atomic E-state index is 12.5. The lowest BCUT2D eigenvalue weighted by atomic mass is 10.2. The highest BCUT2D eigenvalue weighted by molar-refractivity contribution is 7.91. The molecule has 3 heterocycles. The Morgan fingerprint density at radius 1 is 1.33 bits per heavy atom. The summed E-state index contributed by atoms with van der Waals surface area (Å²) in [7, 11) is -3.36. The summed E-state index contributed by atoms with van der Waals surface area (Å²) in [6.07, 6.45) is 2.09. The van der Waals surface area contributed by atoms with Crippen molar-refractivity contribution in [3.8, 4) is 0 Å². The summed E-state index contributed by atoms with van der Waals surface area (Å²) >= 11 is 1.26. The number of morpholine rings is 1. The van der Waals surface area contributed by atoms with E-state index in [1.54, 1.807) is 16.4 Å². The minimum absolute atomic E-state index is 0.0764. The van der Waals surface area contributed by atoms with Crippen LogP contribution < -0.4 is 5.73 Å². The maximum atomic E-state index is 12.5. The number of nitrogens with zero attached hydrogens (tertiary/aromatic N) is 1. The van der Waals surface area contributed by atoms with E-state index < -0.39 is 10.0 Å². The van der Waals surface area contributed by atoms with Crippen LogP contribution in [0.15, 0.2) is 16.3 Å². The van der Waals surface area contributed by atoms with Gasteiger partial charge < -0.3 is 10.5 Å². The zero-order chi connectivity index (χ0) is 12.8. The first-order valence-electron chi connectivity index (χ1n) is 6.04. The van der Waals surface area contributed by atoms with Gasteiger partial charge in [-0.2, -0.15) is 4.31 Å². The molecule has 2 unspecified atom stereocenters. The van der Waals surface area contributed by atoms with Crippen LogP contribution in [0.25, 0.3) is 0 Å². The molecule has 2 bridgehead atoms. The van der Waals surface area contributed by atoms with Gasteiger partial charge in [-0.3, -0.25) is 0 Å². The number of thiophene rings is 1. The van der Waals surface area contributed by atoms with Gasteiger partial charge in [0.25, 0.3) is 10.0 Å². The number of rotatable bonds is 3. The number of nitrogens with two attached hydrogens (primary N) is 1. The summed E-state index contributed by atoms with van der Waals surface area (Å²) in [5.74, 6) is 0. The molecule has 0 aliphatic carbocycles. The molecule has 18 heavy (non-hydrogen) atoms. The van der Waals surface area contributed by atoms with Crippen molar-refractivity contribution in [2.45, 2.75) is 35.8 Å². The van der Waals surface area contributed by atoms with Crippen molar-refractivity contribution in [2.24, 2.45) is 5.73 Å². The molecule has 0 saturated carbocycles. The van der Waals surface area contributed by atoms with Gasteiger partial charge in [0.1, 0.15) is 4.21 Å². The zero-order valence-electron chi connectivity index (χ0n) is 9.91. The quantitative estimate of drug-likeness (QED) is 0.891. The van der Waals surface area contributed by atoms with Crippen molar-refractivity contribution in [2.75, 3.05) is 13.1 Å². The molecule has 2 saturated heterocycles. The van der Waals surface area contributed by atoms with Crippen LogP contribution in [0, 0.1) is 0 Å². The molecular weight excluding hydrogens is 272 g/mol. The fourth-order valence-corrected chi connectivity index (χ4v) is 5.40. The highest BCUT2D eigenvalue weighted by atomic mass is 32.2. The number of ether oxygens (including phenoxy) is 1. The van der Waals surface area contributed by atoms with E-state index in [1.165, 1.54) is 11.3 Å². The van der Waals surface area contributed by atoms with Gasteiger partial charge in [-0.25, -0.2) is 8.42 Å². The van der Waals surface area contributed by atoms with E-state index in [9.17, 15) is 8.42 Å². The van der Waals surface area contributed by atoms with Gasteiger partial charge in [0.15, 0.2) is 0 Å². The van der Waals surface area contributed by atoms with Crippen molar-refractivity contribution < 1.29 is 13.2 Å². The van der Waals surface area contributed by atoms with Gasteiger partial charge in [0, 0.05) is 24.5 Å². The van der Waals surface area contributed by atoms with Gasteiger partial charge in [-0.1, -0.05) is 0 Å². The lowest BCUT2D eigenvalue weighted by Gasteiger charge is -2.30. The van der Waals surface area contributed by atoms with Crippen molar-refractivity contribution >= 4 is 21.4 Å². The summed E-state index contributed by atoms with van der Waals surface area (Å²) in [4.78, 5) is 0.893. The van der Waals surface area contributed by atoms with Crippen molar-refractivity contribution in [3.05, 3.63) is 17.0 Å². The van der Waals surface area contributed by atoms with E-state index in [2.05, 4.69) is 0 Å². The minimum Gasteiger partial charge on any atom is -0.372 e. The Balaban J connectivity index is 1.86. The summed E-state index contributed by atoms with van der Waals surface area (Å²) in [6.45, 7) is 1.35. The summed E-state index contributed by atoms with van der Waals surface area (Å²) in [5, 5.41) is 0. The molecule has 0 amide bonds. The Labute approximate surface area is 111 Å². The highest BCUT2D eigenvalue weighted by Crippen LogP contribution is 2.31. The Morgan fingerprint density at radius 3 is 2.56 bits per heavy atom. The summed E-state index contributed by atoms with van der Waals surface area (Å²) in [5.41, 5.74) is 5.52. The van der Waals surface area contributed by atoms with E-state index >= 15 is 0 Å². The van der Waals surface area contributed by atoms with Crippen molar-refractivity contribution in [3.63, 3.8) is 0 Å². The third kappa shape index (κ3) is 2.10. The normalized spacial score (nSPS) is 28.7. The Hall–Kier alpha value is -0.470. The third-order valence-corrected chi connectivity index (χ3v) is 6.85. The Morgan fingerprint density at radius 2 is 2.00 bits per heavy atom. The van der Waals surface area contributed by atoms with Crippen LogP contribution in [-0.2, 0) is 21.3 Å². The number of hydrogen-bond acceptors (Lipinski definition) is 5. The molecule has 2 aliphatic rings. The van der Waals surface area contributed by atoms with Gasteiger partial charge in [0.05, 0.1) is 12.2 Å². The molecule has 7 heteroatoms. The van der Waals surface area contributed by atoms with Crippen molar-refractivity contribution in [1.82, 2.24) is 4.31 Å². The average molecular weight is 288 g/mol. The monoisotopic (exact) mass is 288 g/mol. The molecule has 2 N–H and O–H groups in total. The molecule has 5 nitrogen and oxygen atoms in total. The van der Waals surface area contributed by atoms with Crippen LogP contribution in [0.5, 0.6) is 0 Å². The molecule has 2 fully saturated rings. The Kier molecular flexibility index (Phi) is 3.19. The third-order valence-electron chi connectivity index (χ3n) is 3.44. The molecule has 2 aliphatic heterocycles. The van der Waals surface area contributed by atoms with Crippen LogP contribution in [0.3, 0.4) is 0 Å². The largest absolute Gasteiger partial charge is 0.372 e. The SMILES string of the molecule is NCc1ccc(S(=O)(=O)N2CC3CCC(C2)O3)s1. The molecule has 1 aromatic heterocycles. The van der Waals surface area contributed by atoms with Crippen LogP contribution >= 0.6 is 11.3 Å². The highest BCUT2D eigenvalue weighted by Gasteiger charge is 2.39. The molecule has 0 radical (unpaired) electrons. The van der Waals surface area contributed by atoms with E-state index in [0.717, 1.165) is 17.7 Å². The van der Waals surface area contributed by atoms with Crippen LogP contribution in [0.2, 0.25) is 0 Å². The second-order valence-electron chi connectivity index (χ2n) is 4.70. The summed E-state index contributed by atoms with van der Waals surface area (Å²) in [6, 6.07) is 3.44. The fraction of sp³-hybridized carbons (Fsp3) is 0.636. The molecule has 1 aromatic rings. The van der Waals surface area contributed by atoms with E-state index in [4.69, 9.17) is 10.5 Å². The average Bonchev–Trinajstić information content (AvgIpc) is 2.96. The van der Waals surface area contributed by atoms with Gasteiger partial charge >= 0.3 is 0 Å². The van der Waals surface area contributed by atoms with E-state index in [1.807, 2.05) is 0 Å². The molecule has 0 aromatic carbocycles. The number of sulfonamides is 1. The lowest BCUT2D eigenvalue weighted by molar-refractivity contribution is -0.0114. The molecule has 100 valence electrons. The first kappa shape index (κ1) is 12.6. The molecule has 2 atom stereocenters. The standard InChI is InChI=1S/C11H16N2O3S2/c12-5-10-3-4-11(17-10)18(14,15)13-6-8-1-2-9(7-13)16-8/h3-4,8-9H,1-2,5-7,12H2. The smallest absolute Gasteiger partial charge is 0.252 e. The first-order valence-corrected chi connectivity index (χ1v) is 8.29. The van der Waals surface area contributed by atoms with Crippen LogP contribution in [0.1, 0.15) is 17.7 Å². The topological polar surface area (TPSA) is 72.6 Å². The fourth-order valence-electron chi connectivity index (χ4n) is 2.51. The van der Waals surface area contributed by atoms with Gasteiger partial charge in [-0.15, -0.1) is 11.3 Å². The summed E-state index contributed by atoms with van der Waals surface area (Å²) < 4.78 is 32.6. The molecular formula is C11H16N2O3S2. The zero-order valence-corrected chi connectivity index (χ0v) is 11.5. The molecule has 3 rings (SSSR count). The predicted octanol–water partition coefficient (Wildman–Crippen LogP) is 0.759. The maximum Gasteiger partial charge on any atom is 0.252 e. The number of fused-ring (bicyclic) bond motifs is 2. The molecule has 0 spiro atoms. The first-order chi connectivity index (χ1) is 8.59. The van der Waals surface area contributed by atoms with E-state index in [0.29, 0.717) is 23.8 Å². The van der Waals surface area contributed by atoms with Gasteiger partial charge in [0.2, 0.25) is 0 Å². The van der Waals surface area contributed by atoms with Gasteiger partial charge in [-0.05, 0) is 25.0 Å².